The van der Waals surface area contributed by atoms with Gasteiger partial charge in [-0.1, -0.05) is 55.0 Å². The van der Waals surface area contributed by atoms with Crippen LogP contribution >= 0.6 is 0 Å². The molecule has 0 amide bonds. The van der Waals surface area contributed by atoms with Crippen molar-refractivity contribution in [1.82, 2.24) is 4.72 Å². The van der Waals surface area contributed by atoms with Crippen LogP contribution in [0.2, 0.25) is 0 Å². The highest BCUT2D eigenvalue weighted by molar-refractivity contribution is 7.89. The fourth-order valence-electron chi connectivity index (χ4n) is 3.52. The van der Waals surface area contributed by atoms with Crippen LogP contribution in [0, 0.1) is 6.92 Å². The zero-order valence-corrected chi connectivity index (χ0v) is 19.5. The SMILES string of the molecule is CC[C@@H](NS(=O)(=O)c1ccc(C)cc1)C(=O)Oc1ccc2c(-c3ccccc3)cc(=O)oc2c1. The molecule has 1 N–H and O–H groups in total. The number of ether oxygens (including phenoxy) is 1. The number of aryl methyl sites for hydroxylation is 1. The molecule has 4 aromatic rings. The van der Waals surface area contributed by atoms with Crippen LogP contribution in [0.3, 0.4) is 0 Å². The van der Waals surface area contributed by atoms with E-state index in [1.807, 2.05) is 37.3 Å². The molecule has 0 fully saturated rings. The summed E-state index contributed by atoms with van der Waals surface area (Å²) in [5.41, 5.74) is 2.18. The van der Waals surface area contributed by atoms with E-state index in [2.05, 4.69) is 4.72 Å². The van der Waals surface area contributed by atoms with E-state index in [-0.39, 0.29) is 22.6 Å². The van der Waals surface area contributed by atoms with Gasteiger partial charge in [0.25, 0.3) is 0 Å². The first-order valence-corrected chi connectivity index (χ1v) is 12.2. The molecule has 0 saturated carbocycles. The molecule has 34 heavy (non-hydrogen) atoms. The number of fused-ring (bicyclic) bond motifs is 1. The number of hydrogen-bond donors (Lipinski definition) is 1. The van der Waals surface area contributed by atoms with Gasteiger partial charge in [0.05, 0.1) is 4.90 Å². The minimum Gasteiger partial charge on any atom is -0.425 e. The van der Waals surface area contributed by atoms with Crippen LogP contribution in [0.25, 0.3) is 22.1 Å². The number of hydrogen-bond acceptors (Lipinski definition) is 6. The first-order valence-electron chi connectivity index (χ1n) is 10.7. The van der Waals surface area contributed by atoms with E-state index in [4.69, 9.17) is 9.15 Å². The molecule has 0 bridgehead atoms. The molecule has 1 atom stereocenters. The summed E-state index contributed by atoms with van der Waals surface area (Å²) in [5.74, 6) is -0.627. The number of carbonyl (C=O) groups is 1. The molecule has 0 spiro atoms. The van der Waals surface area contributed by atoms with E-state index in [1.165, 1.54) is 24.3 Å². The van der Waals surface area contributed by atoms with Crippen LogP contribution in [0.15, 0.2) is 93.0 Å². The number of benzene rings is 3. The van der Waals surface area contributed by atoms with Gasteiger partial charge in [0.15, 0.2) is 0 Å². The molecule has 3 aromatic carbocycles. The third-order valence-electron chi connectivity index (χ3n) is 5.34. The molecule has 1 aromatic heterocycles. The Bertz CT molecular complexity index is 1490. The first-order chi connectivity index (χ1) is 16.3. The fraction of sp³-hybridized carbons (Fsp3) is 0.154. The van der Waals surface area contributed by atoms with Gasteiger partial charge in [-0.05, 0) is 48.7 Å². The average Bonchev–Trinajstić information content (AvgIpc) is 2.82. The van der Waals surface area contributed by atoms with E-state index in [0.717, 1.165) is 11.1 Å². The van der Waals surface area contributed by atoms with Crippen molar-refractivity contribution in [1.29, 1.82) is 0 Å². The Labute approximate surface area is 197 Å². The lowest BCUT2D eigenvalue weighted by molar-refractivity contribution is -0.136. The standard InChI is InChI=1S/C26H23NO6S/c1-3-23(27-34(30,31)20-12-9-17(2)10-13-20)26(29)32-19-11-14-21-22(18-7-5-4-6-8-18)16-25(28)33-24(21)15-19/h4-16,23,27H,3H2,1-2H3/t23-/m1/s1. The number of nitrogens with one attached hydrogen (secondary N) is 1. The molecule has 0 radical (unpaired) electrons. The largest absolute Gasteiger partial charge is 0.425 e. The molecule has 7 nitrogen and oxygen atoms in total. The second kappa shape index (κ2) is 9.62. The van der Waals surface area contributed by atoms with Crippen LogP contribution in [0.1, 0.15) is 18.9 Å². The van der Waals surface area contributed by atoms with Crippen molar-refractivity contribution >= 4 is 27.0 Å². The van der Waals surface area contributed by atoms with Crippen molar-refractivity contribution in [2.75, 3.05) is 0 Å². The fourth-order valence-corrected chi connectivity index (χ4v) is 4.79. The van der Waals surface area contributed by atoms with Crippen molar-refractivity contribution in [2.24, 2.45) is 0 Å². The van der Waals surface area contributed by atoms with Crippen molar-refractivity contribution in [3.05, 3.63) is 94.8 Å². The van der Waals surface area contributed by atoms with Crippen molar-refractivity contribution in [2.45, 2.75) is 31.2 Å². The summed E-state index contributed by atoms with van der Waals surface area (Å²) < 4.78 is 38.5. The van der Waals surface area contributed by atoms with Gasteiger partial charge < -0.3 is 9.15 Å². The highest BCUT2D eigenvalue weighted by atomic mass is 32.2. The first kappa shape index (κ1) is 23.4. The average molecular weight is 478 g/mol. The molecule has 4 rings (SSSR count). The monoisotopic (exact) mass is 477 g/mol. The number of carbonyl (C=O) groups excluding carboxylic acids is 1. The smallest absolute Gasteiger partial charge is 0.336 e. The quantitative estimate of drug-likeness (QED) is 0.240. The maximum absolute atomic E-state index is 12.8. The number of rotatable bonds is 7. The van der Waals surface area contributed by atoms with E-state index in [0.29, 0.717) is 10.9 Å². The van der Waals surface area contributed by atoms with Gasteiger partial charge in [-0.2, -0.15) is 4.72 Å². The maximum Gasteiger partial charge on any atom is 0.336 e. The molecule has 0 aliphatic carbocycles. The number of esters is 1. The van der Waals surface area contributed by atoms with Crippen LogP contribution in [-0.4, -0.2) is 20.4 Å². The minimum atomic E-state index is -3.91. The molecular weight excluding hydrogens is 454 g/mol. The van der Waals surface area contributed by atoms with Gasteiger partial charge in [-0.25, -0.2) is 18.0 Å². The van der Waals surface area contributed by atoms with Crippen molar-refractivity contribution < 1.29 is 22.4 Å². The normalized spacial score (nSPS) is 12.4. The van der Waals surface area contributed by atoms with Crippen LogP contribution in [0.5, 0.6) is 5.75 Å². The summed E-state index contributed by atoms with van der Waals surface area (Å²) >= 11 is 0. The third-order valence-corrected chi connectivity index (χ3v) is 6.83. The third kappa shape index (κ3) is 5.08. The number of sulfonamides is 1. The van der Waals surface area contributed by atoms with Gasteiger partial charge in [0.2, 0.25) is 10.0 Å². The van der Waals surface area contributed by atoms with Gasteiger partial charge in [-0.15, -0.1) is 0 Å². The Hall–Kier alpha value is -3.75. The summed E-state index contributed by atoms with van der Waals surface area (Å²) in [5, 5.41) is 0.678. The molecule has 0 aliphatic heterocycles. The topological polar surface area (TPSA) is 103 Å². The Morgan fingerprint density at radius 1 is 1.00 bits per heavy atom. The van der Waals surface area contributed by atoms with Gasteiger partial charge in [0, 0.05) is 17.5 Å². The second-order valence-electron chi connectivity index (χ2n) is 7.82. The summed E-state index contributed by atoms with van der Waals surface area (Å²) in [6, 6.07) is 20.7. The lowest BCUT2D eigenvalue weighted by atomic mass is 10.0. The summed E-state index contributed by atoms with van der Waals surface area (Å²) in [4.78, 5) is 24.9. The van der Waals surface area contributed by atoms with Crippen LogP contribution in [0.4, 0.5) is 0 Å². The maximum atomic E-state index is 12.8. The predicted molar refractivity (Wildman–Crippen MR) is 129 cm³/mol. The van der Waals surface area contributed by atoms with Crippen molar-refractivity contribution in [3.8, 4) is 16.9 Å². The van der Waals surface area contributed by atoms with E-state index < -0.39 is 27.7 Å². The lowest BCUT2D eigenvalue weighted by Crippen LogP contribution is -2.42. The lowest BCUT2D eigenvalue weighted by Gasteiger charge is -2.16. The van der Waals surface area contributed by atoms with Crippen molar-refractivity contribution in [3.63, 3.8) is 0 Å². The molecule has 0 unspecified atom stereocenters. The minimum absolute atomic E-state index is 0.0604. The highest BCUT2D eigenvalue weighted by Gasteiger charge is 2.26. The second-order valence-corrected chi connectivity index (χ2v) is 9.53. The highest BCUT2D eigenvalue weighted by Crippen LogP contribution is 2.29. The van der Waals surface area contributed by atoms with E-state index in [1.54, 1.807) is 31.2 Å². The predicted octanol–water partition coefficient (Wildman–Crippen LogP) is 4.43. The van der Waals surface area contributed by atoms with Gasteiger partial charge in [0.1, 0.15) is 17.4 Å². The zero-order chi connectivity index (χ0) is 24.3. The van der Waals surface area contributed by atoms with E-state index >= 15 is 0 Å². The van der Waals surface area contributed by atoms with Gasteiger partial charge in [-0.3, -0.25) is 0 Å². The Kier molecular flexibility index (Phi) is 6.63. The van der Waals surface area contributed by atoms with Gasteiger partial charge >= 0.3 is 11.6 Å². The Balaban J connectivity index is 1.58. The molecular formula is C26H23NO6S. The molecule has 174 valence electrons. The summed E-state index contributed by atoms with van der Waals surface area (Å²) in [7, 11) is -3.91. The Morgan fingerprint density at radius 3 is 2.38 bits per heavy atom. The van der Waals surface area contributed by atoms with E-state index in [9.17, 15) is 18.0 Å². The summed E-state index contributed by atoms with van der Waals surface area (Å²) in [6.45, 7) is 3.53. The van der Waals surface area contributed by atoms with Crippen LogP contribution < -0.4 is 15.1 Å². The van der Waals surface area contributed by atoms with Crippen LogP contribution in [-0.2, 0) is 14.8 Å². The Morgan fingerprint density at radius 2 is 1.71 bits per heavy atom. The molecule has 0 saturated heterocycles. The molecule has 8 heteroatoms. The zero-order valence-electron chi connectivity index (χ0n) is 18.6. The molecule has 1 heterocycles. The molecule has 0 aliphatic rings. The summed E-state index contributed by atoms with van der Waals surface area (Å²) in [6.07, 6.45) is 0.185.